The number of allylic oxidation sites excluding steroid dienone is 1. The maximum atomic E-state index is 14.9. The second-order valence-corrected chi connectivity index (χ2v) is 13.8. The average Bonchev–Trinajstić information content (AvgIpc) is 3.81. The maximum absolute atomic E-state index is 14.9. The second-order valence-electron chi connectivity index (χ2n) is 13.8. The molecule has 11 heteroatoms. The summed E-state index contributed by atoms with van der Waals surface area (Å²) in [5.41, 5.74) is -0.0616. The molecule has 3 amide bonds. The van der Waals surface area contributed by atoms with Crippen LogP contribution in [-0.4, -0.2) is 90.4 Å². The molecular weight excluding hydrogens is 662 g/mol. The van der Waals surface area contributed by atoms with Crippen molar-refractivity contribution in [3.05, 3.63) is 104 Å². The van der Waals surface area contributed by atoms with E-state index >= 15 is 0 Å². The summed E-state index contributed by atoms with van der Waals surface area (Å²) in [5.74, 6) is -3.79. The van der Waals surface area contributed by atoms with Crippen LogP contribution in [0.5, 0.6) is 0 Å². The molecule has 0 unspecified atom stereocenters. The summed E-state index contributed by atoms with van der Waals surface area (Å²) >= 11 is 0. The van der Waals surface area contributed by atoms with E-state index in [1.54, 1.807) is 36.1 Å². The van der Waals surface area contributed by atoms with Gasteiger partial charge in [-0.25, -0.2) is 0 Å². The van der Waals surface area contributed by atoms with Crippen molar-refractivity contribution in [2.24, 2.45) is 11.8 Å². The van der Waals surface area contributed by atoms with Gasteiger partial charge in [-0.3, -0.25) is 19.2 Å². The van der Waals surface area contributed by atoms with Crippen LogP contribution in [0.1, 0.15) is 44.3 Å². The Morgan fingerprint density at radius 2 is 1.81 bits per heavy atom. The van der Waals surface area contributed by atoms with Gasteiger partial charge in [-0.15, -0.1) is 13.2 Å². The summed E-state index contributed by atoms with van der Waals surface area (Å²) in [6.07, 6.45) is 3.14. The molecule has 2 bridgehead atoms. The predicted molar refractivity (Wildman–Crippen MR) is 196 cm³/mol. The Morgan fingerprint density at radius 3 is 2.50 bits per heavy atom. The molecule has 8 atom stereocenters. The first-order valence-corrected chi connectivity index (χ1v) is 17.9. The van der Waals surface area contributed by atoms with Crippen molar-refractivity contribution in [1.82, 2.24) is 10.2 Å². The second kappa shape index (κ2) is 15.8. The molecule has 11 nitrogen and oxygen atoms in total. The van der Waals surface area contributed by atoms with Crippen LogP contribution in [0.25, 0.3) is 10.8 Å². The van der Waals surface area contributed by atoms with Gasteiger partial charge in [-0.2, -0.15) is 0 Å². The lowest BCUT2D eigenvalue weighted by Gasteiger charge is -2.38. The number of anilines is 1. The van der Waals surface area contributed by atoms with Crippen LogP contribution >= 0.6 is 0 Å². The number of aliphatic hydroxyl groups is 1. The number of likely N-dealkylation sites (tertiary alicyclic amines) is 1. The van der Waals surface area contributed by atoms with Crippen LogP contribution in [0.2, 0.25) is 0 Å². The van der Waals surface area contributed by atoms with Gasteiger partial charge in [0.1, 0.15) is 17.7 Å². The highest BCUT2D eigenvalue weighted by atomic mass is 16.6. The van der Waals surface area contributed by atoms with Gasteiger partial charge in [0.05, 0.1) is 43.2 Å². The van der Waals surface area contributed by atoms with Gasteiger partial charge in [-0.1, -0.05) is 72.8 Å². The summed E-state index contributed by atoms with van der Waals surface area (Å²) in [5, 5.41) is 15.3. The fraction of sp³-hybridized carbons (Fsp3) is 0.415. The average molecular weight is 710 g/mol. The Hall–Kier alpha value is -4.84. The van der Waals surface area contributed by atoms with Gasteiger partial charge in [0, 0.05) is 25.8 Å². The molecular formula is C41H47N3O8. The molecule has 3 aliphatic rings. The Labute approximate surface area is 304 Å². The number of carbonyl (C=O) groups is 4. The number of hydrogen-bond donors (Lipinski definition) is 2. The zero-order valence-corrected chi connectivity index (χ0v) is 29.7. The van der Waals surface area contributed by atoms with E-state index in [4.69, 9.17) is 14.2 Å². The van der Waals surface area contributed by atoms with Gasteiger partial charge < -0.3 is 34.4 Å². The van der Waals surface area contributed by atoms with E-state index in [1.807, 2.05) is 60.7 Å². The minimum Gasteiger partial charge on any atom is -0.455 e. The highest BCUT2D eigenvalue weighted by molar-refractivity contribution is 6.05. The van der Waals surface area contributed by atoms with E-state index in [2.05, 4.69) is 18.5 Å². The Kier molecular flexibility index (Phi) is 11.2. The van der Waals surface area contributed by atoms with Gasteiger partial charge in [0.2, 0.25) is 11.8 Å². The first-order valence-electron chi connectivity index (χ1n) is 17.9. The van der Waals surface area contributed by atoms with Gasteiger partial charge in [0.25, 0.3) is 5.91 Å². The third-order valence-electron chi connectivity index (χ3n) is 10.6. The van der Waals surface area contributed by atoms with Crippen LogP contribution < -0.4 is 10.2 Å². The number of amides is 3. The molecule has 0 aromatic heterocycles. The van der Waals surface area contributed by atoms with Crippen LogP contribution in [0.3, 0.4) is 0 Å². The van der Waals surface area contributed by atoms with Crippen LogP contribution in [0, 0.1) is 11.8 Å². The lowest BCUT2D eigenvalue weighted by atomic mass is 9.70. The molecule has 6 rings (SSSR count). The molecule has 0 aliphatic carbocycles. The summed E-state index contributed by atoms with van der Waals surface area (Å²) < 4.78 is 18.4. The lowest BCUT2D eigenvalue weighted by Crippen LogP contribution is -2.58. The number of nitrogens with one attached hydrogen (secondary N) is 1. The molecule has 1 spiro atoms. The van der Waals surface area contributed by atoms with Crippen molar-refractivity contribution in [1.29, 1.82) is 0 Å². The number of nitrogens with zero attached hydrogens (tertiary/aromatic N) is 2. The number of carbonyl (C=O) groups excluding carboxylic acids is 4. The number of aliphatic hydroxyl groups excluding tert-OH is 1. The first-order chi connectivity index (χ1) is 25.2. The van der Waals surface area contributed by atoms with Crippen molar-refractivity contribution in [3.8, 4) is 0 Å². The molecule has 3 saturated heterocycles. The predicted octanol–water partition coefficient (Wildman–Crippen LogP) is 4.50. The lowest BCUT2D eigenvalue weighted by molar-refractivity contribution is -0.163. The fourth-order valence-corrected chi connectivity index (χ4v) is 8.27. The first kappa shape index (κ1) is 36.9. The number of rotatable bonds is 16. The molecule has 0 radical (unpaired) electrons. The van der Waals surface area contributed by atoms with Gasteiger partial charge in [0.15, 0.2) is 0 Å². The summed E-state index contributed by atoms with van der Waals surface area (Å²) in [6.45, 7) is 9.09. The molecule has 0 saturated carbocycles. The van der Waals surface area contributed by atoms with Gasteiger partial charge >= 0.3 is 5.97 Å². The summed E-state index contributed by atoms with van der Waals surface area (Å²) in [6, 6.07) is 20.0. The molecule has 3 aromatic carbocycles. The number of esters is 1. The molecule has 3 heterocycles. The van der Waals surface area contributed by atoms with E-state index in [0.29, 0.717) is 30.5 Å². The van der Waals surface area contributed by atoms with Crippen LogP contribution in [0.4, 0.5) is 5.69 Å². The Balaban J connectivity index is 1.35. The van der Waals surface area contributed by atoms with E-state index in [1.165, 1.54) is 12.0 Å². The monoisotopic (exact) mass is 709 g/mol. The molecule has 52 heavy (non-hydrogen) atoms. The fourth-order valence-electron chi connectivity index (χ4n) is 8.27. The highest BCUT2D eigenvalue weighted by Gasteiger charge is 2.75. The topological polar surface area (TPSA) is 135 Å². The van der Waals surface area contributed by atoms with Crippen LogP contribution in [0.15, 0.2) is 98.1 Å². The SMILES string of the molecule is C=CCCC(=O)N[C@@H](COC)[C@@H](OC(=O)[C@@H]1[C@H]2C(=O)N([C@H](C)CO)[C@H](C(=O)N(CC=C)c3ccc4ccccc4c3)[C@]23CC[C@H]1O3)c1ccccc1. The van der Waals surface area contributed by atoms with Crippen molar-refractivity contribution in [2.75, 3.05) is 31.8 Å². The quantitative estimate of drug-likeness (QED) is 0.164. The molecule has 3 aromatic rings. The number of fused-ring (bicyclic) bond motifs is 2. The third kappa shape index (κ3) is 6.76. The van der Waals surface area contributed by atoms with Gasteiger partial charge in [-0.05, 0) is 54.7 Å². The van der Waals surface area contributed by atoms with Crippen molar-refractivity contribution >= 4 is 40.2 Å². The Morgan fingerprint density at radius 1 is 1.08 bits per heavy atom. The molecule has 274 valence electrons. The minimum absolute atomic E-state index is 0.0514. The number of hydrogen-bond acceptors (Lipinski definition) is 8. The zero-order valence-electron chi connectivity index (χ0n) is 29.7. The molecule has 3 aliphatic heterocycles. The largest absolute Gasteiger partial charge is 0.455 e. The minimum atomic E-state index is -1.32. The molecule has 3 fully saturated rings. The van der Waals surface area contributed by atoms with Crippen molar-refractivity contribution in [3.63, 3.8) is 0 Å². The normalized spacial score (nSPS) is 24.9. The molecule has 2 N–H and O–H groups in total. The zero-order chi connectivity index (χ0) is 37.0. The number of ether oxygens (including phenoxy) is 3. The number of benzene rings is 3. The van der Waals surface area contributed by atoms with Crippen molar-refractivity contribution < 1.29 is 38.5 Å². The summed E-state index contributed by atoms with van der Waals surface area (Å²) in [4.78, 5) is 59.8. The summed E-state index contributed by atoms with van der Waals surface area (Å²) in [7, 11) is 1.50. The maximum Gasteiger partial charge on any atom is 0.313 e. The van der Waals surface area contributed by atoms with E-state index in [9.17, 15) is 24.3 Å². The van der Waals surface area contributed by atoms with Crippen molar-refractivity contribution in [2.45, 2.75) is 68.5 Å². The third-order valence-corrected chi connectivity index (χ3v) is 10.6. The highest BCUT2D eigenvalue weighted by Crippen LogP contribution is 2.59. The van der Waals surface area contributed by atoms with E-state index < -0.39 is 66.3 Å². The van der Waals surface area contributed by atoms with Crippen LogP contribution in [-0.2, 0) is 33.4 Å². The van der Waals surface area contributed by atoms with E-state index in [0.717, 1.165) is 10.8 Å². The van der Waals surface area contributed by atoms with E-state index in [-0.39, 0.29) is 31.4 Å². The smallest absolute Gasteiger partial charge is 0.313 e. The Bertz CT molecular complexity index is 1820. The standard InChI is InChI=1S/C41H47N3O8/c1-5-7-17-33(46)42-31(25-50-4)36(28-14-9-8-10-15-28)51-40(49)34-32-20-21-41(52-32)35(34)38(47)44(26(3)24-45)37(41)39(48)43(22-6-2)30-19-18-27-13-11-12-16-29(27)23-30/h5-6,8-16,18-19,23,26,31-32,34-37,45H,1-2,7,17,20-22,24-25H2,3-4H3,(H,42,46)/t26-,31+,32-,34+,35+,36+,37-,41+/m1/s1. The number of methoxy groups -OCH3 is 1.